The second kappa shape index (κ2) is 7.97. The summed E-state index contributed by atoms with van der Waals surface area (Å²) < 4.78 is 1.79. The molecule has 0 aliphatic carbocycles. The van der Waals surface area contributed by atoms with E-state index in [-0.39, 0.29) is 24.6 Å². The first-order valence-electron chi connectivity index (χ1n) is 8.22. The highest BCUT2D eigenvalue weighted by atomic mass is 16.3. The second-order valence-electron chi connectivity index (χ2n) is 6.38. The zero-order chi connectivity index (χ0) is 17.7. The summed E-state index contributed by atoms with van der Waals surface area (Å²) in [5.74, 6) is 0.742. The van der Waals surface area contributed by atoms with Crippen molar-refractivity contribution in [3.63, 3.8) is 0 Å². The molecule has 24 heavy (non-hydrogen) atoms. The van der Waals surface area contributed by atoms with E-state index in [2.05, 4.69) is 15.7 Å². The van der Waals surface area contributed by atoms with E-state index in [0.29, 0.717) is 12.2 Å². The van der Waals surface area contributed by atoms with Crippen molar-refractivity contribution in [1.82, 2.24) is 15.1 Å². The summed E-state index contributed by atoms with van der Waals surface area (Å²) in [4.78, 5) is 12.2. The molecule has 130 valence electrons. The molecule has 1 aromatic carbocycles. The maximum atomic E-state index is 12.2. The molecular formula is C18H26N4O2. The first-order chi connectivity index (χ1) is 11.4. The number of amides is 2. The van der Waals surface area contributed by atoms with Crippen LogP contribution >= 0.6 is 0 Å². The molecule has 0 aliphatic heterocycles. The monoisotopic (exact) mass is 330 g/mol. The van der Waals surface area contributed by atoms with Gasteiger partial charge in [0.2, 0.25) is 0 Å². The van der Waals surface area contributed by atoms with Gasteiger partial charge in [0.15, 0.2) is 5.82 Å². The number of benzene rings is 1. The van der Waals surface area contributed by atoms with Crippen LogP contribution in [0.3, 0.4) is 0 Å². The number of nitrogens with one attached hydrogen (secondary N) is 2. The molecule has 6 nitrogen and oxygen atoms in total. The highest BCUT2D eigenvalue weighted by Gasteiger charge is 2.16. The van der Waals surface area contributed by atoms with Crippen LogP contribution in [0, 0.1) is 19.8 Å². The lowest BCUT2D eigenvalue weighted by molar-refractivity contribution is 0.227. The van der Waals surface area contributed by atoms with Crippen molar-refractivity contribution < 1.29 is 9.90 Å². The molecule has 0 saturated heterocycles. The third kappa shape index (κ3) is 4.58. The normalized spacial score (nSPS) is 12.2. The fourth-order valence-electron chi connectivity index (χ4n) is 2.51. The minimum Gasteiger partial charge on any atom is -0.396 e. The molecule has 1 aromatic heterocycles. The lowest BCUT2D eigenvalue weighted by Crippen LogP contribution is -2.41. The van der Waals surface area contributed by atoms with Crippen molar-refractivity contribution in [1.29, 1.82) is 0 Å². The number of urea groups is 1. The first kappa shape index (κ1) is 18.0. The Morgan fingerprint density at radius 3 is 2.50 bits per heavy atom. The Kier molecular flexibility index (Phi) is 5.98. The number of aliphatic hydroxyl groups is 1. The Bertz CT molecular complexity index is 677. The van der Waals surface area contributed by atoms with Crippen LogP contribution in [0.5, 0.6) is 0 Å². The molecule has 0 aliphatic rings. The van der Waals surface area contributed by atoms with Crippen molar-refractivity contribution in [2.75, 3.05) is 11.9 Å². The van der Waals surface area contributed by atoms with Gasteiger partial charge < -0.3 is 10.4 Å². The van der Waals surface area contributed by atoms with E-state index in [1.54, 1.807) is 4.68 Å². The lowest BCUT2D eigenvalue weighted by atomic mass is 10.0. The smallest absolute Gasteiger partial charge is 0.320 e. The standard InChI is InChI=1S/C18H26N4O2/c1-12(2)16(9-10-23)19-18(24)20-17-11-14(4)22(21-17)15-7-5-13(3)6-8-15/h5-8,11-12,16,23H,9-10H2,1-4H3,(H2,19,20,21,24). The summed E-state index contributed by atoms with van der Waals surface area (Å²) >= 11 is 0. The number of nitrogens with zero attached hydrogens (tertiary/aromatic N) is 2. The molecular weight excluding hydrogens is 304 g/mol. The lowest BCUT2D eigenvalue weighted by Gasteiger charge is -2.21. The van der Waals surface area contributed by atoms with E-state index in [0.717, 1.165) is 11.4 Å². The van der Waals surface area contributed by atoms with Crippen molar-refractivity contribution >= 4 is 11.8 Å². The highest BCUT2D eigenvalue weighted by molar-refractivity contribution is 5.88. The van der Waals surface area contributed by atoms with E-state index < -0.39 is 0 Å². The minimum atomic E-state index is -0.310. The summed E-state index contributed by atoms with van der Waals surface area (Å²) in [5.41, 5.74) is 3.07. The molecule has 1 heterocycles. The predicted molar refractivity (Wildman–Crippen MR) is 95.5 cm³/mol. The summed E-state index contributed by atoms with van der Waals surface area (Å²) in [5, 5.41) is 19.2. The quantitative estimate of drug-likeness (QED) is 0.762. The average molecular weight is 330 g/mol. The van der Waals surface area contributed by atoms with Gasteiger partial charge in [-0.05, 0) is 38.3 Å². The Morgan fingerprint density at radius 2 is 1.92 bits per heavy atom. The Hall–Kier alpha value is -2.34. The molecule has 1 unspecified atom stereocenters. The molecule has 0 fully saturated rings. The van der Waals surface area contributed by atoms with Crippen LogP contribution in [0.15, 0.2) is 30.3 Å². The molecule has 2 amide bonds. The van der Waals surface area contributed by atoms with Crippen molar-refractivity contribution in [2.24, 2.45) is 5.92 Å². The maximum absolute atomic E-state index is 12.2. The van der Waals surface area contributed by atoms with E-state index in [1.165, 1.54) is 5.56 Å². The highest BCUT2D eigenvalue weighted by Crippen LogP contribution is 2.16. The number of anilines is 1. The van der Waals surface area contributed by atoms with Gasteiger partial charge in [0.05, 0.1) is 5.69 Å². The zero-order valence-corrected chi connectivity index (χ0v) is 14.7. The van der Waals surface area contributed by atoms with E-state index in [4.69, 9.17) is 5.11 Å². The van der Waals surface area contributed by atoms with Crippen LogP contribution in [-0.2, 0) is 0 Å². The van der Waals surface area contributed by atoms with Crippen LogP contribution in [0.25, 0.3) is 5.69 Å². The molecule has 0 radical (unpaired) electrons. The number of carbonyl (C=O) groups excluding carboxylic acids is 1. The molecule has 3 N–H and O–H groups in total. The molecule has 6 heteroatoms. The summed E-state index contributed by atoms with van der Waals surface area (Å²) in [6, 6.07) is 9.49. The first-order valence-corrected chi connectivity index (χ1v) is 8.22. The van der Waals surface area contributed by atoms with Crippen LogP contribution in [0.1, 0.15) is 31.5 Å². The van der Waals surface area contributed by atoms with Gasteiger partial charge in [-0.15, -0.1) is 5.10 Å². The Labute approximate surface area is 142 Å². The van der Waals surface area contributed by atoms with Crippen LogP contribution < -0.4 is 10.6 Å². The number of hydrogen-bond donors (Lipinski definition) is 3. The third-order valence-corrected chi connectivity index (χ3v) is 3.97. The molecule has 2 aromatic rings. The van der Waals surface area contributed by atoms with Gasteiger partial charge in [-0.1, -0.05) is 31.5 Å². The maximum Gasteiger partial charge on any atom is 0.320 e. The molecule has 1 atom stereocenters. The minimum absolute atomic E-state index is 0.0459. The van der Waals surface area contributed by atoms with Crippen LogP contribution in [-0.4, -0.2) is 33.6 Å². The van der Waals surface area contributed by atoms with Crippen LogP contribution in [0.4, 0.5) is 10.6 Å². The molecule has 0 spiro atoms. The van der Waals surface area contributed by atoms with Gasteiger partial charge in [0.25, 0.3) is 0 Å². The number of aryl methyl sites for hydroxylation is 2. The summed E-state index contributed by atoms with van der Waals surface area (Å²) in [7, 11) is 0. The van der Waals surface area contributed by atoms with Gasteiger partial charge >= 0.3 is 6.03 Å². The van der Waals surface area contributed by atoms with E-state index in [1.807, 2.05) is 58.0 Å². The fraction of sp³-hybridized carbons (Fsp3) is 0.444. The number of aliphatic hydroxyl groups excluding tert-OH is 1. The van der Waals surface area contributed by atoms with Crippen molar-refractivity contribution in [3.8, 4) is 5.69 Å². The zero-order valence-electron chi connectivity index (χ0n) is 14.7. The Morgan fingerprint density at radius 1 is 1.25 bits per heavy atom. The number of aromatic nitrogens is 2. The van der Waals surface area contributed by atoms with Gasteiger partial charge in [-0.3, -0.25) is 5.32 Å². The summed E-state index contributed by atoms with van der Waals surface area (Å²) in [6.07, 6.45) is 0.530. The van der Waals surface area contributed by atoms with E-state index in [9.17, 15) is 4.79 Å². The topological polar surface area (TPSA) is 79.2 Å². The van der Waals surface area contributed by atoms with Crippen LogP contribution in [0.2, 0.25) is 0 Å². The van der Waals surface area contributed by atoms with Gasteiger partial charge in [-0.25, -0.2) is 9.48 Å². The number of hydrogen-bond acceptors (Lipinski definition) is 3. The average Bonchev–Trinajstić information content (AvgIpc) is 2.88. The second-order valence-corrected chi connectivity index (χ2v) is 6.38. The van der Waals surface area contributed by atoms with Crippen molar-refractivity contribution in [2.45, 2.75) is 40.2 Å². The van der Waals surface area contributed by atoms with Gasteiger partial charge in [-0.2, -0.15) is 0 Å². The predicted octanol–water partition coefficient (Wildman–Crippen LogP) is 3.02. The largest absolute Gasteiger partial charge is 0.396 e. The molecule has 2 rings (SSSR count). The summed E-state index contributed by atoms with van der Waals surface area (Å²) in [6.45, 7) is 8.05. The SMILES string of the molecule is Cc1ccc(-n2nc(NC(=O)NC(CCO)C(C)C)cc2C)cc1. The Balaban J connectivity index is 2.07. The van der Waals surface area contributed by atoms with Gasteiger partial charge in [0.1, 0.15) is 0 Å². The van der Waals surface area contributed by atoms with Crippen molar-refractivity contribution in [3.05, 3.63) is 41.6 Å². The van der Waals surface area contributed by atoms with Gasteiger partial charge in [0, 0.05) is 24.4 Å². The number of carbonyl (C=O) groups is 1. The third-order valence-electron chi connectivity index (χ3n) is 3.97. The van der Waals surface area contributed by atoms with E-state index >= 15 is 0 Å². The number of rotatable bonds is 6. The molecule has 0 saturated carbocycles. The fourth-order valence-corrected chi connectivity index (χ4v) is 2.51. The molecule has 0 bridgehead atoms.